The summed E-state index contributed by atoms with van der Waals surface area (Å²) in [5.41, 5.74) is 1.19. The summed E-state index contributed by atoms with van der Waals surface area (Å²) in [5.74, 6) is 2.62. The Hall–Kier alpha value is -1.49. The van der Waals surface area contributed by atoms with Gasteiger partial charge in [-0.25, -0.2) is 0 Å². The first-order chi connectivity index (χ1) is 10.5. The Morgan fingerprint density at radius 3 is 2.05 bits per heavy atom. The maximum atomic E-state index is 10.7. The Bertz CT molecular complexity index is 591. The lowest BCUT2D eigenvalue weighted by molar-refractivity contribution is -0.384. The summed E-state index contributed by atoms with van der Waals surface area (Å²) in [5, 5.41) is 14.4. The summed E-state index contributed by atoms with van der Waals surface area (Å²) in [6.07, 6.45) is 7.95. The topological polar surface area (TPSA) is 55.2 Å². The van der Waals surface area contributed by atoms with Crippen molar-refractivity contribution >= 4 is 22.9 Å². The second-order valence-corrected chi connectivity index (χ2v) is 7.86. The van der Waals surface area contributed by atoms with Crippen LogP contribution in [0.4, 0.5) is 5.69 Å². The van der Waals surface area contributed by atoms with Crippen LogP contribution in [0.15, 0.2) is 24.3 Å². The Morgan fingerprint density at radius 1 is 1.09 bits per heavy atom. The van der Waals surface area contributed by atoms with E-state index < -0.39 is 0 Å². The molecular weight excluding hydrogens is 296 g/mol. The number of non-ortho nitro benzene ring substituents is 1. The highest BCUT2D eigenvalue weighted by atomic mass is 32.1. The minimum absolute atomic E-state index is 0.112. The Kier molecular flexibility index (Phi) is 3.22. The summed E-state index contributed by atoms with van der Waals surface area (Å²) in [6, 6.07) is 6.58. The Morgan fingerprint density at radius 2 is 1.59 bits per heavy atom. The highest BCUT2D eigenvalue weighted by molar-refractivity contribution is 7.80. The van der Waals surface area contributed by atoms with Crippen molar-refractivity contribution in [3.63, 3.8) is 0 Å². The molecule has 0 radical (unpaired) electrons. The summed E-state index contributed by atoms with van der Waals surface area (Å²) < 4.78 is 0. The first-order valence-electron chi connectivity index (χ1n) is 8.10. The van der Waals surface area contributed by atoms with E-state index in [2.05, 4.69) is 5.32 Å². The van der Waals surface area contributed by atoms with E-state index in [1.165, 1.54) is 50.7 Å². The van der Waals surface area contributed by atoms with Crippen LogP contribution in [-0.4, -0.2) is 15.5 Å². The van der Waals surface area contributed by atoms with Gasteiger partial charge in [-0.15, -0.1) is 0 Å². The standard InChI is InChI=1S/C17H20N2O2S/c20-19(21)15-3-1-14(2-4-15)16(22)18-17-8-11-5-12(9-17)7-13(6-11)10-17/h1-4,11-13H,5-10H2,(H,18,22). The molecule has 4 aliphatic carbocycles. The van der Waals surface area contributed by atoms with Gasteiger partial charge in [-0.05, 0) is 68.4 Å². The van der Waals surface area contributed by atoms with Gasteiger partial charge in [0.05, 0.1) is 4.92 Å². The molecular formula is C17H20N2O2S. The van der Waals surface area contributed by atoms with E-state index in [-0.39, 0.29) is 16.1 Å². The number of rotatable bonds is 3. The van der Waals surface area contributed by atoms with Crippen molar-refractivity contribution in [1.29, 1.82) is 0 Å². The van der Waals surface area contributed by atoms with Gasteiger partial charge >= 0.3 is 0 Å². The Labute approximate surface area is 135 Å². The number of nitrogens with one attached hydrogen (secondary N) is 1. The fraction of sp³-hybridized carbons (Fsp3) is 0.588. The summed E-state index contributed by atoms with van der Waals surface area (Å²) >= 11 is 5.58. The van der Waals surface area contributed by atoms with E-state index in [4.69, 9.17) is 12.2 Å². The number of hydrogen-bond donors (Lipinski definition) is 1. The summed E-state index contributed by atoms with van der Waals surface area (Å²) in [4.78, 5) is 11.1. The smallest absolute Gasteiger partial charge is 0.269 e. The van der Waals surface area contributed by atoms with Crippen molar-refractivity contribution in [2.24, 2.45) is 17.8 Å². The van der Waals surface area contributed by atoms with Crippen molar-refractivity contribution in [1.82, 2.24) is 5.32 Å². The van der Waals surface area contributed by atoms with Crippen molar-refractivity contribution in [3.8, 4) is 0 Å². The summed E-state index contributed by atoms with van der Waals surface area (Å²) in [7, 11) is 0. The van der Waals surface area contributed by atoms with E-state index >= 15 is 0 Å². The van der Waals surface area contributed by atoms with Gasteiger partial charge < -0.3 is 5.32 Å². The molecule has 1 aromatic carbocycles. The van der Waals surface area contributed by atoms with Crippen molar-refractivity contribution < 1.29 is 4.92 Å². The van der Waals surface area contributed by atoms with Crippen molar-refractivity contribution in [3.05, 3.63) is 39.9 Å². The van der Waals surface area contributed by atoms with Crippen LogP contribution < -0.4 is 5.32 Å². The maximum Gasteiger partial charge on any atom is 0.269 e. The normalized spacial score (nSPS) is 35.4. The maximum absolute atomic E-state index is 10.7. The van der Waals surface area contributed by atoms with Gasteiger partial charge in [0.1, 0.15) is 4.99 Å². The number of nitrogens with zero attached hydrogens (tertiary/aromatic N) is 1. The summed E-state index contributed by atoms with van der Waals surface area (Å²) in [6.45, 7) is 0. The molecule has 4 bridgehead atoms. The lowest BCUT2D eigenvalue weighted by Crippen LogP contribution is -2.59. The first-order valence-corrected chi connectivity index (χ1v) is 8.51. The zero-order valence-corrected chi connectivity index (χ0v) is 13.3. The average Bonchev–Trinajstić information content (AvgIpc) is 2.45. The number of thiocarbonyl (C=S) groups is 1. The van der Waals surface area contributed by atoms with Crippen LogP contribution in [0.2, 0.25) is 0 Å². The number of nitro groups is 1. The molecule has 22 heavy (non-hydrogen) atoms. The van der Waals surface area contributed by atoms with E-state index in [1.54, 1.807) is 12.1 Å². The van der Waals surface area contributed by atoms with Crippen LogP contribution in [0.1, 0.15) is 44.1 Å². The first kappa shape index (κ1) is 14.1. The highest BCUT2D eigenvalue weighted by Gasteiger charge is 2.51. The molecule has 4 aliphatic rings. The zero-order chi connectivity index (χ0) is 15.3. The van der Waals surface area contributed by atoms with Gasteiger partial charge in [-0.3, -0.25) is 10.1 Å². The second kappa shape index (κ2) is 5.01. The van der Waals surface area contributed by atoms with Crippen LogP contribution in [0, 0.1) is 27.9 Å². The largest absolute Gasteiger partial charge is 0.370 e. The van der Waals surface area contributed by atoms with E-state index in [0.717, 1.165) is 28.3 Å². The van der Waals surface area contributed by atoms with E-state index in [0.29, 0.717) is 0 Å². The molecule has 0 amide bonds. The molecule has 4 nitrogen and oxygen atoms in total. The molecule has 0 saturated heterocycles. The monoisotopic (exact) mass is 316 g/mol. The predicted octanol–water partition coefficient (Wildman–Crippen LogP) is 3.83. The lowest BCUT2D eigenvalue weighted by atomic mass is 9.53. The van der Waals surface area contributed by atoms with Gasteiger partial charge in [0.15, 0.2) is 0 Å². The number of benzene rings is 1. The molecule has 1 aromatic rings. The second-order valence-electron chi connectivity index (χ2n) is 7.46. The molecule has 4 saturated carbocycles. The molecule has 0 aliphatic heterocycles. The molecule has 0 spiro atoms. The molecule has 116 valence electrons. The molecule has 4 fully saturated rings. The van der Waals surface area contributed by atoms with Gasteiger partial charge in [0, 0.05) is 23.2 Å². The zero-order valence-electron chi connectivity index (χ0n) is 12.5. The third-order valence-corrected chi connectivity index (χ3v) is 6.10. The molecule has 0 heterocycles. The third kappa shape index (κ3) is 2.41. The van der Waals surface area contributed by atoms with Crippen LogP contribution in [-0.2, 0) is 0 Å². The fourth-order valence-electron chi connectivity index (χ4n) is 5.31. The fourth-order valence-corrected chi connectivity index (χ4v) is 5.66. The van der Waals surface area contributed by atoms with Crippen LogP contribution >= 0.6 is 12.2 Å². The number of nitro benzene ring substituents is 1. The number of hydrogen-bond acceptors (Lipinski definition) is 3. The minimum atomic E-state index is -0.376. The lowest BCUT2D eigenvalue weighted by Gasteiger charge is -2.57. The molecule has 0 aromatic heterocycles. The molecule has 0 atom stereocenters. The quantitative estimate of drug-likeness (QED) is 0.523. The molecule has 1 N–H and O–H groups in total. The van der Waals surface area contributed by atoms with E-state index in [1.807, 2.05) is 0 Å². The van der Waals surface area contributed by atoms with Gasteiger partial charge in [-0.2, -0.15) is 0 Å². The third-order valence-electron chi connectivity index (χ3n) is 5.76. The van der Waals surface area contributed by atoms with Gasteiger partial charge in [-0.1, -0.05) is 12.2 Å². The minimum Gasteiger partial charge on any atom is -0.370 e. The molecule has 0 unspecified atom stereocenters. The van der Waals surface area contributed by atoms with Crippen molar-refractivity contribution in [2.45, 2.75) is 44.1 Å². The molecule has 5 rings (SSSR count). The van der Waals surface area contributed by atoms with E-state index in [9.17, 15) is 10.1 Å². The van der Waals surface area contributed by atoms with Crippen molar-refractivity contribution in [2.75, 3.05) is 0 Å². The van der Waals surface area contributed by atoms with Gasteiger partial charge in [0.25, 0.3) is 5.69 Å². The Balaban J connectivity index is 1.51. The predicted molar refractivity (Wildman–Crippen MR) is 88.8 cm³/mol. The van der Waals surface area contributed by atoms with Crippen LogP contribution in [0.3, 0.4) is 0 Å². The highest BCUT2D eigenvalue weighted by Crippen LogP contribution is 2.55. The van der Waals surface area contributed by atoms with Gasteiger partial charge in [0.2, 0.25) is 0 Å². The van der Waals surface area contributed by atoms with Crippen LogP contribution in [0.25, 0.3) is 0 Å². The average molecular weight is 316 g/mol. The SMILES string of the molecule is O=[N+]([O-])c1ccc(C(=S)NC23CC4CC(CC(C4)C2)C3)cc1. The van der Waals surface area contributed by atoms with Crippen LogP contribution in [0.5, 0.6) is 0 Å². The molecule has 5 heteroatoms.